The van der Waals surface area contributed by atoms with Crippen LogP contribution in [-0.4, -0.2) is 57.3 Å². The van der Waals surface area contributed by atoms with E-state index in [-0.39, 0.29) is 0 Å². The number of hydrogen-bond acceptors (Lipinski definition) is 6. The molecular weight excluding hydrogens is 380 g/mol. The van der Waals surface area contributed by atoms with Crippen LogP contribution in [0.25, 0.3) is 0 Å². The van der Waals surface area contributed by atoms with Gasteiger partial charge in [0.15, 0.2) is 0 Å². The molecule has 0 aromatic heterocycles. The third kappa shape index (κ3) is 11.7. The average Bonchev–Trinajstić information content (AvgIpc) is 2.62. The van der Waals surface area contributed by atoms with Crippen LogP contribution < -0.4 is 0 Å². The van der Waals surface area contributed by atoms with E-state index in [1.807, 2.05) is 41.5 Å². The van der Waals surface area contributed by atoms with E-state index in [9.17, 15) is 0 Å². The van der Waals surface area contributed by atoms with Crippen LogP contribution in [0, 0.1) is 6.42 Å². The third-order valence-corrected chi connectivity index (χ3v) is 10.3. The second-order valence-corrected chi connectivity index (χ2v) is 11.5. The summed E-state index contributed by atoms with van der Waals surface area (Å²) >= 11 is 0. The van der Waals surface area contributed by atoms with Crippen molar-refractivity contribution in [3.63, 3.8) is 0 Å². The van der Waals surface area contributed by atoms with Gasteiger partial charge in [-0.05, 0) is 60.8 Å². The van der Waals surface area contributed by atoms with Crippen molar-refractivity contribution in [2.24, 2.45) is 0 Å². The van der Waals surface area contributed by atoms with Crippen LogP contribution >= 0.6 is 0 Å². The van der Waals surface area contributed by atoms with Crippen molar-refractivity contribution in [1.82, 2.24) is 0 Å². The molecule has 0 aromatic carbocycles. The fourth-order valence-corrected chi connectivity index (χ4v) is 8.35. The summed E-state index contributed by atoms with van der Waals surface area (Å²) in [5.41, 5.74) is 0. The Balaban J connectivity index is 4.24. The maximum atomic E-state index is 5.90. The largest absolute Gasteiger partial charge is 0.500 e. The summed E-state index contributed by atoms with van der Waals surface area (Å²) in [5.74, 6) is 0. The second-order valence-electron chi connectivity index (χ2n) is 6.04. The molecule has 27 heavy (non-hydrogen) atoms. The van der Waals surface area contributed by atoms with Gasteiger partial charge >= 0.3 is 17.6 Å². The van der Waals surface area contributed by atoms with Crippen molar-refractivity contribution in [2.75, 3.05) is 39.6 Å². The Morgan fingerprint density at radius 3 is 0.963 bits per heavy atom. The highest BCUT2D eigenvalue weighted by Gasteiger charge is 2.40. The van der Waals surface area contributed by atoms with Gasteiger partial charge < -0.3 is 26.6 Å². The highest BCUT2D eigenvalue weighted by atomic mass is 28.4. The molecule has 8 heteroatoms. The summed E-state index contributed by atoms with van der Waals surface area (Å²) in [5, 5.41) is 0. The topological polar surface area (TPSA) is 55.4 Å². The fraction of sp³-hybridized carbons (Fsp3) is 0.947. The van der Waals surface area contributed by atoms with E-state index < -0.39 is 17.6 Å². The SMILES string of the molecule is CCO[Si](CCC[CH]CCC[Si](OCC)(OCC)OCC)(OCC)OCC. The van der Waals surface area contributed by atoms with Gasteiger partial charge in [0, 0.05) is 51.7 Å². The molecule has 0 saturated heterocycles. The van der Waals surface area contributed by atoms with Crippen molar-refractivity contribution in [3.05, 3.63) is 6.42 Å². The molecule has 0 rings (SSSR count). The minimum Gasteiger partial charge on any atom is -0.374 e. The van der Waals surface area contributed by atoms with Crippen molar-refractivity contribution in [1.29, 1.82) is 0 Å². The molecule has 0 aromatic rings. The molecule has 0 aliphatic heterocycles. The van der Waals surface area contributed by atoms with Crippen LogP contribution in [0.4, 0.5) is 0 Å². The van der Waals surface area contributed by atoms with E-state index in [1.54, 1.807) is 0 Å². The fourth-order valence-electron chi connectivity index (χ4n) is 3.07. The highest BCUT2D eigenvalue weighted by Crippen LogP contribution is 2.22. The van der Waals surface area contributed by atoms with Gasteiger partial charge in [0.25, 0.3) is 0 Å². The number of rotatable bonds is 20. The Bertz CT molecular complexity index is 269. The van der Waals surface area contributed by atoms with E-state index in [4.69, 9.17) is 26.6 Å². The molecule has 6 nitrogen and oxygen atoms in total. The van der Waals surface area contributed by atoms with Gasteiger partial charge in [-0.2, -0.15) is 0 Å². The van der Waals surface area contributed by atoms with Gasteiger partial charge in [0.1, 0.15) is 0 Å². The average molecular weight is 424 g/mol. The first-order chi connectivity index (χ1) is 13.1. The van der Waals surface area contributed by atoms with Gasteiger partial charge in [-0.1, -0.05) is 12.8 Å². The standard InChI is InChI=1S/C19H43O6Si2/c1-7-20-26(21-8-2,22-9-3)18-16-14-13-15-17-19-27(23-10-4,24-11-5)25-12-6/h13H,7-12,14-19H2,1-6H3. The quantitative estimate of drug-likeness (QED) is 0.206. The van der Waals surface area contributed by atoms with Crippen molar-refractivity contribution >= 4 is 17.6 Å². The zero-order valence-corrected chi connectivity index (χ0v) is 20.5. The normalized spacial score (nSPS) is 12.7. The lowest BCUT2D eigenvalue weighted by molar-refractivity contribution is 0.0703. The van der Waals surface area contributed by atoms with E-state index in [0.29, 0.717) is 39.6 Å². The molecule has 0 heterocycles. The van der Waals surface area contributed by atoms with Crippen molar-refractivity contribution in [2.45, 2.75) is 79.3 Å². The predicted molar refractivity (Wildman–Crippen MR) is 114 cm³/mol. The Labute approximate surface area is 169 Å². The molecule has 163 valence electrons. The summed E-state index contributed by atoms with van der Waals surface area (Å²) in [6.07, 6.45) is 6.46. The molecule has 0 fully saturated rings. The van der Waals surface area contributed by atoms with Crippen LogP contribution in [-0.2, 0) is 26.6 Å². The molecule has 0 N–H and O–H groups in total. The molecule has 0 unspecified atom stereocenters. The van der Waals surface area contributed by atoms with Crippen LogP contribution in [0.1, 0.15) is 67.2 Å². The minimum absolute atomic E-state index is 0.634. The van der Waals surface area contributed by atoms with Crippen molar-refractivity contribution < 1.29 is 26.6 Å². The predicted octanol–water partition coefficient (Wildman–Crippen LogP) is 4.85. The lowest BCUT2D eigenvalue weighted by atomic mass is 10.2. The smallest absolute Gasteiger partial charge is 0.374 e. The van der Waals surface area contributed by atoms with E-state index in [2.05, 4.69) is 6.42 Å². The lowest BCUT2D eigenvalue weighted by Gasteiger charge is -2.28. The summed E-state index contributed by atoms with van der Waals surface area (Å²) in [7, 11) is -5.00. The molecule has 1 radical (unpaired) electrons. The number of hydrogen-bond donors (Lipinski definition) is 0. The third-order valence-electron chi connectivity index (χ3n) is 3.97. The maximum absolute atomic E-state index is 5.90. The van der Waals surface area contributed by atoms with E-state index in [0.717, 1.165) is 37.8 Å². The van der Waals surface area contributed by atoms with Gasteiger partial charge in [0.2, 0.25) is 0 Å². The molecule has 0 amide bonds. The highest BCUT2D eigenvalue weighted by molar-refractivity contribution is 6.61. The molecule has 0 atom stereocenters. The summed E-state index contributed by atoms with van der Waals surface area (Å²) in [4.78, 5) is 0. The van der Waals surface area contributed by atoms with Gasteiger partial charge in [-0.25, -0.2) is 0 Å². The Morgan fingerprint density at radius 2 is 0.741 bits per heavy atom. The first kappa shape index (κ1) is 27.2. The maximum Gasteiger partial charge on any atom is 0.500 e. The van der Waals surface area contributed by atoms with Gasteiger partial charge in [-0.15, -0.1) is 0 Å². The minimum atomic E-state index is -2.50. The van der Waals surface area contributed by atoms with Crippen LogP contribution in [0.5, 0.6) is 0 Å². The van der Waals surface area contributed by atoms with Crippen LogP contribution in [0.3, 0.4) is 0 Å². The number of unbranched alkanes of at least 4 members (excludes halogenated alkanes) is 4. The second kappa shape index (κ2) is 17.1. The first-order valence-electron chi connectivity index (χ1n) is 10.7. The summed E-state index contributed by atoms with van der Waals surface area (Å²) in [6, 6.07) is 1.74. The van der Waals surface area contributed by atoms with Gasteiger partial charge in [0.05, 0.1) is 0 Å². The van der Waals surface area contributed by atoms with E-state index in [1.165, 1.54) is 0 Å². The Morgan fingerprint density at radius 1 is 0.481 bits per heavy atom. The molecule has 0 aliphatic carbocycles. The van der Waals surface area contributed by atoms with Gasteiger partial charge in [-0.3, -0.25) is 0 Å². The first-order valence-corrected chi connectivity index (χ1v) is 14.6. The van der Waals surface area contributed by atoms with Crippen molar-refractivity contribution in [3.8, 4) is 0 Å². The molecule has 0 aliphatic rings. The van der Waals surface area contributed by atoms with Crippen LogP contribution in [0.2, 0.25) is 12.1 Å². The molecule has 0 saturated carbocycles. The molecular formula is C19H43O6Si2. The Kier molecular flexibility index (Phi) is 17.2. The zero-order chi connectivity index (χ0) is 20.4. The summed E-state index contributed by atoms with van der Waals surface area (Å²) < 4.78 is 35.4. The molecule has 0 bridgehead atoms. The van der Waals surface area contributed by atoms with E-state index >= 15 is 0 Å². The monoisotopic (exact) mass is 423 g/mol. The molecule has 0 spiro atoms. The lowest BCUT2D eigenvalue weighted by Crippen LogP contribution is -2.46. The van der Waals surface area contributed by atoms with Crippen LogP contribution in [0.15, 0.2) is 0 Å². The zero-order valence-electron chi connectivity index (χ0n) is 18.5. The Hall–Kier alpha value is 0.194. The summed E-state index contributed by atoms with van der Waals surface area (Å²) in [6.45, 7) is 15.8.